The number of aryl methyl sites for hydroxylation is 1. The second-order valence-electron chi connectivity index (χ2n) is 6.49. The van der Waals surface area contributed by atoms with Gasteiger partial charge in [-0.25, -0.2) is 10.2 Å². The number of hydrogen-bond donors (Lipinski definition) is 2. The summed E-state index contributed by atoms with van der Waals surface area (Å²) in [7, 11) is 0. The highest BCUT2D eigenvalue weighted by Gasteiger charge is 2.15. The van der Waals surface area contributed by atoms with Crippen molar-refractivity contribution in [3.8, 4) is 5.75 Å². The van der Waals surface area contributed by atoms with Crippen LogP contribution in [0.4, 0.5) is 5.69 Å². The maximum atomic E-state index is 12.1. The Morgan fingerprint density at radius 1 is 0.968 bits per heavy atom. The van der Waals surface area contributed by atoms with E-state index in [-0.39, 0.29) is 5.76 Å². The summed E-state index contributed by atoms with van der Waals surface area (Å²) in [4.78, 5) is 36.1. The van der Waals surface area contributed by atoms with E-state index in [9.17, 15) is 14.4 Å². The number of nitrogens with one attached hydrogen (secondary N) is 2. The lowest BCUT2D eigenvalue weighted by Crippen LogP contribution is -2.33. The summed E-state index contributed by atoms with van der Waals surface area (Å²) in [5, 5.41) is 6.55. The second-order valence-corrected chi connectivity index (χ2v) is 6.49. The Bertz CT molecular complexity index is 1100. The van der Waals surface area contributed by atoms with Crippen molar-refractivity contribution in [1.82, 2.24) is 5.43 Å². The number of para-hydroxylation sites is 1. The molecule has 2 aromatic carbocycles. The number of hydrazone groups is 1. The largest absolute Gasteiger partial charge is 0.457 e. The number of furan rings is 1. The highest BCUT2D eigenvalue weighted by molar-refractivity contribution is 6.39. The average Bonchev–Trinajstić information content (AvgIpc) is 3.33. The van der Waals surface area contributed by atoms with Crippen LogP contribution in [0, 0.1) is 0 Å². The number of esters is 1. The molecular weight excluding hydrogens is 398 g/mol. The predicted octanol–water partition coefficient (Wildman–Crippen LogP) is 3.54. The molecule has 2 amide bonds. The molecule has 0 unspecified atom stereocenters. The van der Waals surface area contributed by atoms with Crippen LogP contribution in [0.5, 0.6) is 5.75 Å². The Hall–Kier alpha value is -4.20. The van der Waals surface area contributed by atoms with E-state index in [1.54, 1.807) is 49.4 Å². The van der Waals surface area contributed by atoms with Gasteiger partial charge in [0, 0.05) is 5.69 Å². The van der Waals surface area contributed by atoms with Gasteiger partial charge < -0.3 is 14.5 Å². The number of benzene rings is 2. The first-order valence-corrected chi connectivity index (χ1v) is 9.57. The van der Waals surface area contributed by atoms with E-state index in [0.717, 1.165) is 12.0 Å². The summed E-state index contributed by atoms with van der Waals surface area (Å²) in [6.07, 6.45) is 2.11. The van der Waals surface area contributed by atoms with Crippen LogP contribution in [-0.2, 0) is 16.0 Å². The van der Waals surface area contributed by atoms with Crippen LogP contribution in [0.1, 0.15) is 35.5 Å². The van der Waals surface area contributed by atoms with Gasteiger partial charge in [0.1, 0.15) is 5.75 Å². The predicted molar refractivity (Wildman–Crippen MR) is 115 cm³/mol. The van der Waals surface area contributed by atoms with Gasteiger partial charge in [-0.15, -0.1) is 0 Å². The molecule has 2 N–H and O–H groups in total. The van der Waals surface area contributed by atoms with Gasteiger partial charge in [0.25, 0.3) is 0 Å². The van der Waals surface area contributed by atoms with Crippen molar-refractivity contribution in [3.05, 3.63) is 83.8 Å². The molecule has 0 spiro atoms. The zero-order valence-electron chi connectivity index (χ0n) is 17.0. The van der Waals surface area contributed by atoms with E-state index >= 15 is 0 Å². The summed E-state index contributed by atoms with van der Waals surface area (Å²) in [5.74, 6) is -1.86. The van der Waals surface area contributed by atoms with Gasteiger partial charge in [-0.3, -0.25) is 9.59 Å². The van der Waals surface area contributed by atoms with Crippen LogP contribution in [0.3, 0.4) is 0 Å². The van der Waals surface area contributed by atoms with Gasteiger partial charge in [0.05, 0.1) is 12.0 Å². The standard InChI is InChI=1S/C23H21N3O5/c1-3-16-7-4-5-8-19(16)24-21(27)22(28)26-25-15(2)17-10-12-18(13-11-17)31-23(29)20-9-6-14-30-20/h4-14H,3H2,1-2H3,(H,24,27)(H,26,28)/b25-15+. The first-order chi connectivity index (χ1) is 15.0. The zero-order valence-corrected chi connectivity index (χ0v) is 17.0. The van der Waals surface area contributed by atoms with Crippen molar-refractivity contribution < 1.29 is 23.5 Å². The molecule has 0 saturated heterocycles. The number of nitrogens with zero attached hydrogens (tertiary/aromatic N) is 1. The van der Waals surface area contributed by atoms with Crippen LogP contribution in [0.2, 0.25) is 0 Å². The van der Waals surface area contributed by atoms with E-state index in [1.807, 2.05) is 19.1 Å². The number of carbonyl (C=O) groups excluding carboxylic acids is 3. The fraction of sp³-hybridized carbons (Fsp3) is 0.130. The summed E-state index contributed by atoms with van der Waals surface area (Å²) < 4.78 is 10.2. The lowest BCUT2D eigenvalue weighted by molar-refractivity contribution is -0.136. The molecule has 1 heterocycles. The SMILES string of the molecule is CCc1ccccc1NC(=O)C(=O)N/N=C(\C)c1ccc(OC(=O)c2ccco2)cc1. The molecule has 1 aromatic heterocycles. The fourth-order valence-corrected chi connectivity index (χ4v) is 2.70. The Labute approximate surface area is 178 Å². The smallest absolute Gasteiger partial charge is 0.379 e. The Morgan fingerprint density at radius 2 is 1.71 bits per heavy atom. The molecule has 0 radical (unpaired) electrons. The van der Waals surface area contributed by atoms with Crippen molar-refractivity contribution >= 4 is 29.2 Å². The van der Waals surface area contributed by atoms with Crippen LogP contribution >= 0.6 is 0 Å². The van der Waals surface area contributed by atoms with Gasteiger partial charge in [-0.2, -0.15) is 5.10 Å². The minimum absolute atomic E-state index is 0.101. The summed E-state index contributed by atoms with van der Waals surface area (Å²) >= 11 is 0. The van der Waals surface area contributed by atoms with E-state index in [1.165, 1.54) is 12.3 Å². The number of carbonyl (C=O) groups is 3. The molecule has 0 fully saturated rings. The van der Waals surface area contributed by atoms with Crippen LogP contribution in [0.15, 0.2) is 76.4 Å². The van der Waals surface area contributed by atoms with Crippen LogP contribution in [-0.4, -0.2) is 23.5 Å². The first-order valence-electron chi connectivity index (χ1n) is 9.57. The highest BCUT2D eigenvalue weighted by atomic mass is 16.5. The Morgan fingerprint density at radius 3 is 2.39 bits per heavy atom. The maximum Gasteiger partial charge on any atom is 0.379 e. The molecule has 0 atom stereocenters. The summed E-state index contributed by atoms with van der Waals surface area (Å²) in [6, 6.07) is 16.9. The molecule has 31 heavy (non-hydrogen) atoms. The third-order valence-electron chi connectivity index (χ3n) is 4.38. The van der Waals surface area contributed by atoms with Crippen LogP contribution in [0.25, 0.3) is 0 Å². The Kier molecular flexibility index (Phi) is 6.95. The van der Waals surface area contributed by atoms with Crippen molar-refractivity contribution in [2.75, 3.05) is 5.32 Å². The highest BCUT2D eigenvalue weighted by Crippen LogP contribution is 2.16. The topological polar surface area (TPSA) is 110 Å². The van der Waals surface area contributed by atoms with Gasteiger partial charge in [0.15, 0.2) is 0 Å². The van der Waals surface area contributed by atoms with E-state index in [2.05, 4.69) is 15.8 Å². The van der Waals surface area contributed by atoms with Crippen molar-refractivity contribution in [1.29, 1.82) is 0 Å². The fourth-order valence-electron chi connectivity index (χ4n) is 2.70. The normalized spacial score (nSPS) is 11.0. The lowest BCUT2D eigenvalue weighted by atomic mass is 10.1. The monoisotopic (exact) mass is 419 g/mol. The van der Waals surface area contributed by atoms with Crippen molar-refractivity contribution in [2.24, 2.45) is 5.10 Å². The van der Waals surface area contributed by atoms with Gasteiger partial charge in [-0.05, 0) is 66.9 Å². The molecule has 0 aliphatic carbocycles. The number of anilines is 1. The van der Waals surface area contributed by atoms with Crippen molar-refractivity contribution in [2.45, 2.75) is 20.3 Å². The quantitative estimate of drug-likeness (QED) is 0.209. The minimum Gasteiger partial charge on any atom is -0.457 e. The van der Waals surface area contributed by atoms with Crippen LogP contribution < -0.4 is 15.5 Å². The number of hydrogen-bond acceptors (Lipinski definition) is 6. The molecule has 8 nitrogen and oxygen atoms in total. The van der Waals surface area contributed by atoms with Gasteiger partial charge in [-0.1, -0.05) is 25.1 Å². The molecule has 158 valence electrons. The molecular formula is C23H21N3O5. The van der Waals surface area contributed by atoms with E-state index < -0.39 is 17.8 Å². The van der Waals surface area contributed by atoms with E-state index in [4.69, 9.17) is 9.15 Å². The summed E-state index contributed by atoms with van der Waals surface area (Å²) in [6.45, 7) is 3.64. The molecule has 0 bridgehead atoms. The molecule has 0 saturated carbocycles. The number of amides is 2. The van der Waals surface area contributed by atoms with Crippen molar-refractivity contribution in [3.63, 3.8) is 0 Å². The second kappa shape index (κ2) is 10.0. The molecule has 3 aromatic rings. The minimum atomic E-state index is -0.880. The summed E-state index contributed by atoms with van der Waals surface area (Å²) in [5.41, 5.74) is 4.91. The van der Waals surface area contributed by atoms with E-state index in [0.29, 0.717) is 22.7 Å². The zero-order chi connectivity index (χ0) is 22.2. The third-order valence-corrected chi connectivity index (χ3v) is 4.38. The molecule has 0 aliphatic rings. The van der Waals surface area contributed by atoms with Gasteiger partial charge in [0.2, 0.25) is 5.76 Å². The molecule has 0 aliphatic heterocycles. The lowest BCUT2D eigenvalue weighted by Gasteiger charge is -2.09. The first kappa shape index (κ1) is 21.5. The third kappa shape index (κ3) is 5.66. The maximum absolute atomic E-state index is 12.1. The number of rotatable bonds is 6. The van der Waals surface area contributed by atoms with Gasteiger partial charge >= 0.3 is 17.8 Å². The number of ether oxygens (including phenoxy) is 1. The Balaban J connectivity index is 1.57. The molecule has 8 heteroatoms. The molecule has 3 rings (SSSR count). The average molecular weight is 419 g/mol.